The van der Waals surface area contributed by atoms with Gasteiger partial charge in [-0.15, -0.1) is 0 Å². The fraction of sp³-hybridized carbons (Fsp3) is 0.364. The smallest absolute Gasteiger partial charge is 0.191 e. The number of rotatable bonds is 9. The summed E-state index contributed by atoms with van der Waals surface area (Å²) < 4.78 is 10.9. The summed E-state index contributed by atoms with van der Waals surface area (Å²) >= 11 is 0. The normalized spacial score (nSPS) is 11.0. The van der Waals surface area contributed by atoms with Crippen LogP contribution in [0.5, 0.6) is 5.75 Å². The molecule has 0 saturated carbocycles. The Labute approximate surface area is 167 Å². The minimum Gasteiger partial charge on any atom is -0.491 e. The van der Waals surface area contributed by atoms with Crippen LogP contribution in [0.1, 0.15) is 29.2 Å². The van der Waals surface area contributed by atoms with Gasteiger partial charge in [0, 0.05) is 25.8 Å². The first-order chi connectivity index (χ1) is 13.7. The third-order valence-electron chi connectivity index (χ3n) is 4.06. The third kappa shape index (κ3) is 6.93. The molecular formula is C22H28N4O2. The number of hydrogen-bond acceptors (Lipinski definition) is 4. The second-order valence-corrected chi connectivity index (χ2v) is 6.31. The van der Waals surface area contributed by atoms with Crippen LogP contribution >= 0.6 is 0 Å². The average molecular weight is 380 g/mol. The Bertz CT molecular complexity index is 810. The molecule has 0 fully saturated rings. The Kier molecular flexibility index (Phi) is 8.83. The van der Waals surface area contributed by atoms with E-state index in [1.54, 1.807) is 19.2 Å². The van der Waals surface area contributed by atoms with Gasteiger partial charge in [-0.2, -0.15) is 5.26 Å². The fourth-order valence-electron chi connectivity index (χ4n) is 2.55. The van der Waals surface area contributed by atoms with Gasteiger partial charge >= 0.3 is 0 Å². The predicted molar refractivity (Wildman–Crippen MR) is 111 cm³/mol. The zero-order chi connectivity index (χ0) is 20.2. The Morgan fingerprint density at radius 1 is 1.11 bits per heavy atom. The minimum absolute atomic E-state index is 0.514. The molecule has 0 aliphatic rings. The number of hydrogen-bond donors (Lipinski definition) is 2. The first-order valence-electron chi connectivity index (χ1n) is 9.38. The molecule has 2 aromatic carbocycles. The molecule has 0 aliphatic carbocycles. The Hall–Kier alpha value is -3.04. The molecule has 0 radical (unpaired) electrons. The van der Waals surface area contributed by atoms with E-state index in [1.165, 1.54) is 0 Å². The van der Waals surface area contributed by atoms with Crippen molar-refractivity contribution in [2.24, 2.45) is 4.99 Å². The largest absolute Gasteiger partial charge is 0.491 e. The van der Waals surface area contributed by atoms with Gasteiger partial charge in [-0.3, -0.25) is 0 Å². The number of benzene rings is 2. The number of nitrogens with zero attached hydrogens (tertiary/aromatic N) is 2. The molecule has 0 aromatic heterocycles. The van der Waals surface area contributed by atoms with Crippen LogP contribution in [-0.4, -0.2) is 32.8 Å². The van der Waals surface area contributed by atoms with Crippen molar-refractivity contribution in [2.75, 3.05) is 26.9 Å². The maximum atomic E-state index is 8.89. The summed E-state index contributed by atoms with van der Waals surface area (Å²) in [4.78, 5) is 4.63. The molecule has 0 spiro atoms. The number of aliphatic imine (C=N–C) groups is 1. The van der Waals surface area contributed by atoms with Crippen molar-refractivity contribution in [3.63, 3.8) is 0 Å². The SMILES string of the molecule is CCNC(=NCc1ccc(C#N)cc1)NCc1ccc(C)cc1OCCOC. The average Bonchev–Trinajstić information content (AvgIpc) is 2.71. The third-order valence-corrected chi connectivity index (χ3v) is 4.06. The molecule has 0 unspecified atom stereocenters. The first kappa shape index (κ1) is 21.3. The molecular weight excluding hydrogens is 352 g/mol. The number of guanidine groups is 1. The van der Waals surface area contributed by atoms with Crippen LogP contribution in [0.4, 0.5) is 0 Å². The maximum Gasteiger partial charge on any atom is 0.191 e. The number of aryl methyl sites for hydroxylation is 1. The lowest BCUT2D eigenvalue weighted by atomic mass is 10.1. The van der Waals surface area contributed by atoms with Crippen molar-refractivity contribution in [3.8, 4) is 11.8 Å². The summed E-state index contributed by atoms with van der Waals surface area (Å²) in [7, 11) is 1.66. The van der Waals surface area contributed by atoms with Crippen LogP contribution in [-0.2, 0) is 17.8 Å². The van der Waals surface area contributed by atoms with Crippen molar-refractivity contribution in [1.29, 1.82) is 5.26 Å². The standard InChI is InChI=1S/C22H28N4O2/c1-4-24-22(25-15-19-8-6-18(14-23)7-9-19)26-16-20-10-5-17(2)13-21(20)28-12-11-27-3/h5-10,13H,4,11-12,15-16H2,1-3H3,(H2,24,25,26). The van der Waals surface area contributed by atoms with Crippen molar-refractivity contribution in [1.82, 2.24) is 10.6 Å². The molecule has 6 heteroatoms. The molecule has 0 aliphatic heterocycles. The molecule has 2 N–H and O–H groups in total. The van der Waals surface area contributed by atoms with Gasteiger partial charge < -0.3 is 20.1 Å². The summed E-state index contributed by atoms with van der Waals surface area (Å²) in [6.45, 7) is 7.04. The highest BCUT2D eigenvalue weighted by atomic mass is 16.5. The molecule has 0 atom stereocenters. The fourth-order valence-corrected chi connectivity index (χ4v) is 2.55. The molecule has 2 rings (SSSR count). The summed E-state index contributed by atoms with van der Waals surface area (Å²) in [5, 5.41) is 15.5. The van der Waals surface area contributed by atoms with Gasteiger partial charge in [-0.1, -0.05) is 24.3 Å². The predicted octanol–water partition coefficient (Wildman–Crippen LogP) is 3.15. The molecule has 0 amide bonds. The molecule has 148 valence electrons. The van der Waals surface area contributed by atoms with Gasteiger partial charge in [0.15, 0.2) is 5.96 Å². The summed E-state index contributed by atoms with van der Waals surface area (Å²) in [5.41, 5.74) is 3.91. The zero-order valence-electron chi connectivity index (χ0n) is 16.8. The second kappa shape index (κ2) is 11.6. The van der Waals surface area contributed by atoms with Crippen LogP contribution in [0.2, 0.25) is 0 Å². The van der Waals surface area contributed by atoms with Gasteiger partial charge in [-0.05, 0) is 43.2 Å². The summed E-state index contributed by atoms with van der Waals surface area (Å²) in [5.74, 6) is 1.59. The highest BCUT2D eigenvalue weighted by molar-refractivity contribution is 5.79. The monoisotopic (exact) mass is 380 g/mol. The Morgan fingerprint density at radius 3 is 2.57 bits per heavy atom. The van der Waals surface area contributed by atoms with E-state index in [2.05, 4.69) is 33.8 Å². The van der Waals surface area contributed by atoms with Crippen LogP contribution in [0.3, 0.4) is 0 Å². The second-order valence-electron chi connectivity index (χ2n) is 6.31. The lowest BCUT2D eigenvalue weighted by molar-refractivity contribution is 0.145. The van der Waals surface area contributed by atoms with E-state index in [0.717, 1.165) is 34.9 Å². The highest BCUT2D eigenvalue weighted by Gasteiger charge is 2.06. The van der Waals surface area contributed by atoms with E-state index in [1.807, 2.05) is 32.0 Å². The van der Waals surface area contributed by atoms with Crippen LogP contribution < -0.4 is 15.4 Å². The quantitative estimate of drug-likeness (QED) is 0.397. The number of nitrogens with one attached hydrogen (secondary N) is 2. The van der Waals surface area contributed by atoms with Crippen LogP contribution in [0.25, 0.3) is 0 Å². The van der Waals surface area contributed by atoms with Crippen LogP contribution in [0.15, 0.2) is 47.5 Å². The van der Waals surface area contributed by atoms with Gasteiger partial charge in [0.25, 0.3) is 0 Å². The van der Waals surface area contributed by atoms with E-state index in [4.69, 9.17) is 14.7 Å². The molecule has 0 saturated heterocycles. The highest BCUT2D eigenvalue weighted by Crippen LogP contribution is 2.20. The van der Waals surface area contributed by atoms with E-state index in [-0.39, 0.29) is 0 Å². The van der Waals surface area contributed by atoms with Crippen LogP contribution in [0, 0.1) is 18.3 Å². The summed E-state index contributed by atoms with van der Waals surface area (Å²) in [6.07, 6.45) is 0. The Morgan fingerprint density at radius 2 is 1.89 bits per heavy atom. The van der Waals surface area contributed by atoms with Gasteiger partial charge in [0.05, 0.1) is 24.8 Å². The van der Waals surface area contributed by atoms with Gasteiger partial charge in [0.1, 0.15) is 12.4 Å². The minimum atomic E-state index is 0.514. The van der Waals surface area contributed by atoms with Crippen molar-refractivity contribution >= 4 is 5.96 Å². The van der Waals surface area contributed by atoms with E-state index >= 15 is 0 Å². The zero-order valence-corrected chi connectivity index (χ0v) is 16.8. The molecule has 0 heterocycles. The Balaban J connectivity index is 2.02. The lowest BCUT2D eigenvalue weighted by Crippen LogP contribution is -2.36. The van der Waals surface area contributed by atoms with Crippen molar-refractivity contribution in [3.05, 3.63) is 64.7 Å². The molecule has 6 nitrogen and oxygen atoms in total. The first-order valence-corrected chi connectivity index (χ1v) is 9.38. The van der Waals surface area contributed by atoms with Gasteiger partial charge in [0.2, 0.25) is 0 Å². The van der Waals surface area contributed by atoms with Crippen molar-refractivity contribution < 1.29 is 9.47 Å². The topological polar surface area (TPSA) is 78.7 Å². The van der Waals surface area contributed by atoms with E-state index in [0.29, 0.717) is 31.9 Å². The van der Waals surface area contributed by atoms with Gasteiger partial charge in [-0.25, -0.2) is 4.99 Å². The van der Waals surface area contributed by atoms with E-state index < -0.39 is 0 Å². The lowest BCUT2D eigenvalue weighted by Gasteiger charge is -2.15. The molecule has 28 heavy (non-hydrogen) atoms. The number of methoxy groups -OCH3 is 1. The maximum absolute atomic E-state index is 8.89. The molecule has 0 bridgehead atoms. The number of ether oxygens (including phenoxy) is 2. The van der Waals surface area contributed by atoms with E-state index in [9.17, 15) is 0 Å². The summed E-state index contributed by atoms with van der Waals surface area (Å²) in [6, 6.07) is 15.8. The molecule has 2 aromatic rings. The number of nitriles is 1. The van der Waals surface area contributed by atoms with Crippen molar-refractivity contribution in [2.45, 2.75) is 26.9 Å².